The van der Waals surface area contributed by atoms with Gasteiger partial charge in [0.1, 0.15) is 5.60 Å². The summed E-state index contributed by atoms with van der Waals surface area (Å²) in [6, 6.07) is -0.242. The van der Waals surface area contributed by atoms with Crippen molar-refractivity contribution < 1.29 is 9.26 Å². The molecule has 5 nitrogen and oxygen atoms in total. The minimum Gasteiger partial charge on any atom is -0.371 e. The number of methoxy groups -OCH3 is 1. The Bertz CT molecular complexity index is 281. The molecule has 0 bridgehead atoms. The Balaban J connectivity index is 2.91. The van der Waals surface area contributed by atoms with E-state index in [0.29, 0.717) is 11.7 Å². The molecule has 0 aliphatic carbocycles. The van der Waals surface area contributed by atoms with E-state index in [1.54, 1.807) is 14.0 Å². The predicted molar refractivity (Wildman–Crippen MR) is 46.9 cm³/mol. The summed E-state index contributed by atoms with van der Waals surface area (Å²) in [6.45, 7) is 5.52. The number of nitrogens with two attached hydrogens (primary N) is 1. The standard InChI is InChI=1S/C8H15N3O2/c1-5(9)6-10-7(11-13-6)8(2,3)12-4/h5H,9H2,1-4H3/t5-/m1/s1. The van der Waals surface area contributed by atoms with Gasteiger partial charge in [0.25, 0.3) is 0 Å². The second-order valence-corrected chi connectivity index (χ2v) is 3.46. The van der Waals surface area contributed by atoms with Gasteiger partial charge in [-0.25, -0.2) is 0 Å². The Morgan fingerprint density at radius 1 is 1.54 bits per heavy atom. The summed E-state index contributed by atoms with van der Waals surface area (Å²) in [7, 11) is 1.60. The highest BCUT2D eigenvalue weighted by molar-refractivity contribution is 4.98. The molecule has 0 unspecified atom stereocenters. The fourth-order valence-electron chi connectivity index (χ4n) is 0.756. The molecule has 0 aliphatic heterocycles. The normalized spacial score (nSPS) is 14.5. The van der Waals surface area contributed by atoms with Gasteiger partial charge in [-0.05, 0) is 20.8 Å². The monoisotopic (exact) mass is 185 g/mol. The van der Waals surface area contributed by atoms with E-state index in [-0.39, 0.29) is 6.04 Å². The molecule has 2 N–H and O–H groups in total. The zero-order valence-corrected chi connectivity index (χ0v) is 8.37. The molecular weight excluding hydrogens is 170 g/mol. The third-order valence-corrected chi connectivity index (χ3v) is 1.88. The summed E-state index contributed by atoms with van der Waals surface area (Å²) >= 11 is 0. The maximum atomic E-state index is 5.57. The van der Waals surface area contributed by atoms with Crippen LogP contribution in [-0.2, 0) is 10.3 Å². The molecular formula is C8H15N3O2. The molecule has 0 saturated heterocycles. The molecule has 1 aromatic rings. The molecule has 1 rings (SSSR count). The first-order valence-electron chi connectivity index (χ1n) is 4.12. The Labute approximate surface area is 77.3 Å². The quantitative estimate of drug-likeness (QED) is 0.759. The maximum absolute atomic E-state index is 5.57. The van der Waals surface area contributed by atoms with Gasteiger partial charge in [-0.3, -0.25) is 0 Å². The van der Waals surface area contributed by atoms with Crippen LogP contribution in [0.2, 0.25) is 0 Å². The van der Waals surface area contributed by atoms with Crippen molar-refractivity contribution >= 4 is 0 Å². The first-order valence-corrected chi connectivity index (χ1v) is 4.12. The highest BCUT2D eigenvalue weighted by atomic mass is 16.5. The average Bonchev–Trinajstić information content (AvgIpc) is 2.52. The van der Waals surface area contributed by atoms with Gasteiger partial charge >= 0.3 is 0 Å². The van der Waals surface area contributed by atoms with Crippen LogP contribution < -0.4 is 5.73 Å². The number of ether oxygens (including phenoxy) is 1. The Morgan fingerprint density at radius 2 is 2.15 bits per heavy atom. The molecule has 0 saturated carbocycles. The van der Waals surface area contributed by atoms with Crippen LogP contribution in [0.1, 0.15) is 38.5 Å². The van der Waals surface area contributed by atoms with Gasteiger partial charge in [0.15, 0.2) is 0 Å². The van der Waals surface area contributed by atoms with E-state index in [4.69, 9.17) is 15.0 Å². The molecule has 0 fully saturated rings. The Kier molecular flexibility index (Phi) is 2.68. The Morgan fingerprint density at radius 3 is 2.54 bits per heavy atom. The molecule has 0 spiro atoms. The van der Waals surface area contributed by atoms with Crippen LogP contribution in [0.3, 0.4) is 0 Å². The Hall–Kier alpha value is -0.940. The van der Waals surface area contributed by atoms with Crippen molar-refractivity contribution in [1.82, 2.24) is 10.1 Å². The van der Waals surface area contributed by atoms with E-state index in [9.17, 15) is 0 Å². The third kappa shape index (κ3) is 2.05. The number of hydrogen-bond acceptors (Lipinski definition) is 5. The van der Waals surface area contributed by atoms with E-state index in [1.807, 2.05) is 13.8 Å². The zero-order valence-electron chi connectivity index (χ0n) is 8.37. The summed E-state index contributed by atoms with van der Waals surface area (Å²) in [5.74, 6) is 0.947. The van der Waals surface area contributed by atoms with Gasteiger partial charge in [0.05, 0.1) is 6.04 Å². The fourth-order valence-corrected chi connectivity index (χ4v) is 0.756. The molecule has 13 heavy (non-hydrogen) atoms. The fraction of sp³-hybridized carbons (Fsp3) is 0.750. The zero-order chi connectivity index (χ0) is 10.1. The van der Waals surface area contributed by atoms with Crippen LogP contribution in [-0.4, -0.2) is 17.3 Å². The van der Waals surface area contributed by atoms with E-state index < -0.39 is 5.60 Å². The van der Waals surface area contributed by atoms with Crippen molar-refractivity contribution in [2.24, 2.45) is 5.73 Å². The van der Waals surface area contributed by atoms with Crippen LogP contribution in [0.4, 0.5) is 0 Å². The maximum Gasteiger partial charge on any atom is 0.243 e. The topological polar surface area (TPSA) is 74.2 Å². The number of rotatable bonds is 3. The number of nitrogens with zero attached hydrogens (tertiary/aromatic N) is 2. The van der Waals surface area contributed by atoms with Gasteiger partial charge in [-0.2, -0.15) is 4.98 Å². The highest BCUT2D eigenvalue weighted by Crippen LogP contribution is 2.21. The molecule has 1 aromatic heterocycles. The van der Waals surface area contributed by atoms with Crippen LogP contribution in [0.25, 0.3) is 0 Å². The van der Waals surface area contributed by atoms with Crippen molar-refractivity contribution in [3.8, 4) is 0 Å². The lowest BCUT2D eigenvalue weighted by molar-refractivity contribution is 0.00973. The third-order valence-electron chi connectivity index (χ3n) is 1.88. The lowest BCUT2D eigenvalue weighted by Gasteiger charge is -2.17. The first-order chi connectivity index (χ1) is 5.97. The second-order valence-electron chi connectivity index (χ2n) is 3.46. The van der Waals surface area contributed by atoms with Crippen molar-refractivity contribution in [3.63, 3.8) is 0 Å². The SMILES string of the molecule is COC(C)(C)c1noc([C@@H](C)N)n1. The van der Waals surface area contributed by atoms with E-state index in [1.165, 1.54) is 0 Å². The second kappa shape index (κ2) is 3.43. The largest absolute Gasteiger partial charge is 0.371 e. The summed E-state index contributed by atoms with van der Waals surface area (Å²) in [5.41, 5.74) is 5.04. The number of aromatic nitrogens is 2. The highest BCUT2D eigenvalue weighted by Gasteiger charge is 2.26. The lowest BCUT2D eigenvalue weighted by Crippen LogP contribution is -2.21. The first kappa shape index (κ1) is 10.1. The summed E-state index contributed by atoms with van der Waals surface area (Å²) < 4.78 is 10.1. The van der Waals surface area contributed by atoms with E-state index in [2.05, 4.69) is 10.1 Å². The van der Waals surface area contributed by atoms with Crippen molar-refractivity contribution in [2.75, 3.05) is 7.11 Å². The minimum atomic E-state index is -0.531. The van der Waals surface area contributed by atoms with Crippen LogP contribution >= 0.6 is 0 Å². The predicted octanol–water partition coefficient (Wildman–Crippen LogP) is 0.971. The van der Waals surface area contributed by atoms with E-state index in [0.717, 1.165) is 0 Å². The van der Waals surface area contributed by atoms with Crippen molar-refractivity contribution in [3.05, 3.63) is 11.7 Å². The van der Waals surface area contributed by atoms with Crippen LogP contribution in [0.5, 0.6) is 0 Å². The summed E-state index contributed by atoms with van der Waals surface area (Å²) in [6.07, 6.45) is 0. The molecule has 74 valence electrons. The average molecular weight is 185 g/mol. The minimum absolute atomic E-state index is 0.242. The summed E-state index contributed by atoms with van der Waals surface area (Å²) in [5, 5.41) is 3.79. The van der Waals surface area contributed by atoms with Gasteiger partial charge in [0, 0.05) is 7.11 Å². The summed E-state index contributed by atoms with van der Waals surface area (Å²) in [4.78, 5) is 4.12. The molecule has 0 radical (unpaired) electrons. The lowest BCUT2D eigenvalue weighted by atomic mass is 10.1. The van der Waals surface area contributed by atoms with Crippen molar-refractivity contribution in [1.29, 1.82) is 0 Å². The van der Waals surface area contributed by atoms with Gasteiger partial charge in [-0.15, -0.1) is 0 Å². The van der Waals surface area contributed by atoms with Crippen molar-refractivity contribution in [2.45, 2.75) is 32.4 Å². The van der Waals surface area contributed by atoms with Gasteiger partial charge < -0.3 is 15.0 Å². The molecule has 5 heteroatoms. The molecule has 0 aromatic carbocycles. The van der Waals surface area contributed by atoms with Crippen LogP contribution in [0, 0.1) is 0 Å². The van der Waals surface area contributed by atoms with Gasteiger partial charge in [0.2, 0.25) is 11.7 Å². The molecule has 0 aliphatic rings. The molecule has 0 amide bonds. The number of hydrogen-bond donors (Lipinski definition) is 1. The van der Waals surface area contributed by atoms with Gasteiger partial charge in [-0.1, -0.05) is 5.16 Å². The molecule has 1 heterocycles. The van der Waals surface area contributed by atoms with Crippen LogP contribution in [0.15, 0.2) is 4.52 Å². The van der Waals surface area contributed by atoms with E-state index >= 15 is 0 Å². The smallest absolute Gasteiger partial charge is 0.243 e. The molecule has 1 atom stereocenters.